The Balaban J connectivity index is 1.96. The molecule has 0 radical (unpaired) electrons. The summed E-state index contributed by atoms with van der Waals surface area (Å²) in [6, 6.07) is 5.33. The zero-order valence-corrected chi connectivity index (χ0v) is 12.9. The van der Waals surface area contributed by atoms with Gasteiger partial charge in [-0.1, -0.05) is 0 Å². The van der Waals surface area contributed by atoms with Crippen LogP contribution in [0.5, 0.6) is 11.5 Å². The molecule has 0 saturated carbocycles. The molecule has 5 nitrogen and oxygen atoms in total. The van der Waals surface area contributed by atoms with Crippen molar-refractivity contribution in [1.82, 2.24) is 10.2 Å². The molecule has 1 aromatic rings. The molecule has 1 aliphatic rings. The van der Waals surface area contributed by atoms with Gasteiger partial charge in [0.15, 0.2) is 5.78 Å². The Morgan fingerprint density at radius 3 is 2.86 bits per heavy atom. The summed E-state index contributed by atoms with van der Waals surface area (Å²) in [6.45, 7) is 4.93. The van der Waals surface area contributed by atoms with Gasteiger partial charge < -0.3 is 19.7 Å². The summed E-state index contributed by atoms with van der Waals surface area (Å²) in [5.74, 6) is 1.39. The maximum Gasteiger partial charge on any atom is 0.167 e. The first-order chi connectivity index (χ1) is 10.2. The zero-order valence-electron chi connectivity index (χ0n) is 12.9. The minimum Gasteiger partial charge on any atom is -0.497 e. The van der Waals surface area contributed by atoms with E-state index in [4.69, 9.17) is 9.47 Å². The molecule has 5 heteroatoms. The average molecular weight is 292 g/mol. The van der Waals surface area contributed by atoms with Crippen LogP contribution in [-0.2, 0) is 0 Å². The van der Waals surface area contributed by atoms with Gasteiger partial charge in [-0.05, 0) is 31.6 Å². The van der Waals surface area contributed by atoms with Gasteiger partial charge in [0.2, 0.25) is 0 Å². The SMILES string of the molecule is COc1ccc(C(=O)CCN2CCCNCC2)c(OC)c1. The molecule has 1 aliphatic heterocycles. The second kappa shape index (κ2) is 8.00. The van der Waals surface area contributed by atoms with E-state index in [0.29, 0.717) is 23.5 Å². The summed E-state index contributed by atoms with van der Waals surface area (Å²) in [7, 11) is 3.18. The molecular weight excluding hydrogens is 268 g/mol. The van der Waals surface area contributed by atoms with Gasteiger partial charge in [-0.2, -0.15) is 0 Å². The van der Waals surface area contributed by atoms with Crippen LogP contribution in [0.3, 0.4) is 0 Å². The summed E-state index contributed by atoms with van der Waals surface area (Å²) in [4.78, 5) is 14.7. The first kappa shape index (κ1) is 15.8. The molecule has 0 bridgehead atoms. The van der Waals surface area contributed by atoms with Gasteiger partial charge in [-0.25, -0.2) is 0 Å². The first-order valence-electron chi connectivity index (χ1n) is 7.43. The van der Waals surface area contributed by atoms with Crippen LogP contribution in [-0.4, -0.2) is 57.6 Å². The fourth-order valence-corrected chi connectivity index (χ4v) is 2.55. The predicted octanol–water partition coefficient (Wildman–Crippen LogP) is 1.57. The molecule has 0 unspecified atom stereocenters. The Hall–Kier alpha value is -1.59. The summed E-state index contributed by atoms with van der Waals surface area (Å²) in [6.07, 6.45) is 1.66. The highest BCUT2D eigenvalue weighted by atomic mass is 16.5. The maximum absolute atomic E-state index is 12.4. The van der Waals surface area contributed by atoms with Gasteiger partial charge in [-0.3, -0.25) is 4.79 Å². The molecule has 0 spiro atoms. The number of nitrogens with zero attached hydrogens (tertiary/aromatic N) is 1. The fourth-order valence-electron chi connectivity index (χ4n) is 2.55. The van der Waals surface area contributed by atoms with E-state index in [0.717, 1.165) is 39.1 Å². The largest absolute Gasteiger partial charge is 0.497 e. The van der Waals surface area contributed by atoms with Gasteiger partial charge in [0.25, 0.3) is 0 Å². The van der Waals surface area contributed by atoms with Gasteiger partial charge in [0.05, 0.1) is 19.8 Å². The van der Waals surface area contributed by atoms with Crippen LogP contribution in [0.1, 0.15) is 23.2 Å². The molecule has 0 atom stereocenters. The van der Waals surface area contributed by atoms with Crippen molar-refractivity contribution in [2.24, 2.45) is 0 Å². The summed E-state index contributed by atoms with van der Waals surface area (Å²) < 4.78 is 10.5. The van der Waals surface area contributed by atoms with E-state index in [1.807, 2.05) is 0 Å². The number of carbonyl (C=O) groups excluding carboxylic acids is 1. The van der Waals surface area contributed by atoms with Crippen molar-refractivity contribution in [2.75, 3.05) is 46.9 Å². The number of nitrogens with one attached hydrogen (secondary N) is 1. The Morgan fingerprint density at radius 2 is 2.10 bits per heavy atom. The lowest BCUT2D eigenvalue weighted by Gasteiger charge is -2.19. The smallest absolute Gasteiger partial charge is 0.167 e. The Bertz CT molecular complexity index is 469. The minimum absolute atomic E-state index is 0.117. The predicted molar refractivity (Wildman–Crippen MR) is 82.4 cm³/mol. The Labute approximate surface area is 126 Å². The van der Waals surface area contributed by atoms with Crippen LogP contribution in [0, 0.1) is 0 Å². The summed E-state index contributed by atoms with van der Waals surface area (Å²) in [5, 5.41) is 3.37. The van der Waals surface area contributed by atoms with E-state index in [9.17, 15) is 4.79 Å². The van der Waals surface area contributed by atoms with Gasteiger partial charge in [0, 0.05) is 32.1 Å². The van der Waals surface area contributed by atoms with Crippen LogP contribution in [0.2, 0.25) is 0 Å². The van der Waals surface area contributed by atoms with E-state index >= 15 is 0 Å². The molecule has 0 aliphatic carbocycles. The van der Waals surface area contributed by atoms with Crippen LogP contribution < -0.4 is 14.8 Å². The van der Waals surface area contributed by atoms with Crippen LogP contribution >= 0.6 is 0 Å². The van der Waals surface area contributed by atoms with Crippen LogP contribution in [0.25, 0.3) is 0 Å². The highest BCUT2D eigenvalue weighted by Crippen LogP contribution is 2.25. The average Bonchev–Trinajstić information content (AvgIpc) is 2.80. The molecule has 1 aromatic carbocycles. The quantitative estimate of drug-likeness (QED) is 0.807. The van der Waals surface area contributed by atoms with E-state index in [-0.39, 0.29) is 5.78 Å². The number of rotatable bonds is 6. The molecular formula is C16H24N2O3. The number of Topliss-reactive ketones (excluding diaryl/α,β-unsaturated/α-hetero) is 1. The third-order valence-electron chi connectivity index (χ3n) is 3.80. The molecule has 2 rings (SSSR count). The number of hydrogen-bond donors (Lipinski definition) is 1. The van der Waals surface area contributed by atoms with Crippen molar-refractivity contribution >= 4 is 5.78 Å². The number of carbonyl (C=O) groups is 1. The lowest BCUT2D eigenvalue weighted by atomic mass is 10.1. The zero-order chi connectivity index (χ0) is 15.1. The summed E-state index contributed by atoms with van der Waals surface area (Å²) in [5.41, 5.74) is 0.631. The standard InChI is InChI=1S/C16H24N2O3/c1-20-13-4-5-14(16(12-13)21-2)15(19)6-10-18-9-3-7-17-8-11-18/h4-5,12,17H,3,6-11H2,1-2H3. The number of hydrogen-bond acceptors (Lipinski definition) is 5. The lowest BCUT2D eigenvalue weighted by molar-refractivity contribution is 0.0962. The van der Waals surface area contributed by atoms with E-state index < -0.39 is 0 Å². The molecule has 1 heterocycles. The van der Waals surface area contributed by atoms with Crippen LogP contribution in [0.4, 0.5) is 0 Å². The number of ether oxygens (including phenoxy) is 2. The highest BCUT2D eigenvalue weighted by Gasteiger charge is 2.15. The van der Waals surface area contributed by atoms with Crippen molar-refractivity contribution in [3.05, 3.63) is 23.8 Å². The minimum atomic E-state index is 0.117. The number of ketones is 1. The van der Waals surface area contributed by atoms with E-state index in [2.05, 4.69) is 10.2 Å². The molecule has 0 aromatic heterocycles. The van der Waals surface area contributed by atoms with Gasteiger partial charge >= 0.3 is 0 Å². The summed E-state index contributed by atoms with van der Waals surface area (Å²) >= 11 is 0. The van der Waals surface area contributed by atoms with Crippen molar-refractivity contribution in [1.29, 1.82) is 0 Å². The number of methoxy groups -OCH3 is 2. The fraction of sp³-hybridized carbons (Fsp3) is 0.562. The molecule has 1 fully saturated rings. The monoisotopic (exact) mass is 292 g/mol. The number of benzene rings is 1. The first-order valence-corrected chi connectivity index (χ1v) is 7.43. The molecule has 116 valence electrons. The van der Waals surface area contributed by atoms with E-state index in [1.165, 1.54) is 0 Å². The Morgan fingerprint density at radius 1 is 1.24 bits per heavy atom. The highest BCUT2D eigenvalue weighted by molar-refractivity contribution is 5.99. The van der Waals surface area contributed by atoms with Gasteiger partial charge in [-0.15, -0.1) is 0 Å². The third kappa shape index (κ3) is 4.44. The van der Waals surface area contributed by atoms with Crippen molar-refractivity contribution in [3.63, 3.8) is 0 Å². The van der Waals surface area contributed by atoms with Gasteiger partial charge in [0.1, 0.15) is 11.5 Å². The Kier molecular flexibility index (Phi) is 6.02. The van der Waals surface area contributed by atoms with Crippen molar-refractivity contribution in [3.8, 4) is 11.5 Å². The van der Waals surface area contributed by atoms with Crippen LogP contribution in [0.15, 0.2) is 18.2 Å². The molecule has 1 saturated heterocycles. The second-order valence-electron chi connectivity index (χ2n) is 5.18. The van der Waals surface area contributed by atoms with Crippen molar-refractivity contribution in [2.45, 2.75) is 12.8 Å². The lowest BCUT2D eigenvalue weighted by Crippen LogP contribution is -2.30. The molecule has 21 heavy (non-hydrogen) atoms. The maximum atomic E-state index is 12.4. The molecule has 1 N–H and O–H groups in total. The topological polar surface area (TPSA) is 50.8 Å². The van der Waals surface area contributed by atoms with E-state index in [1.54, 1.807) is 32.4 Å². The second-order valence-corrected chi connectivity index (χ2v) is 5.18. The van der Waals surface area contributed by atoms with Crippen molar-refractivity contribution < 1.29 is 14.3 Å². The third-order valence-corrected chi connectivity index (χ3v) is 3.80. The normalized spacial score (nSPS) is 16.3. The molecule has 0 amide bonds.